The molecule has 0 aliphatic heterocycles. The predicted octanol–water partition coefficient (Wildman–Crippen LogP) is 2.10. The first kappa shape index (κ1) is 13.9. The van der Waals surface area contributed by atoms with Crippen LogP contribution >= 0.6 is 23.1 Å². The molecule has 0 saturated carbocycles. The van der Waals surface area contributed by atoms with Crippen LogP contribution in [0.1, 0.15) is 15.2 Å². The summed E-state index contributed by atoms with van der Waals surface area (Å²) in [6, 6.07) is 7.29. The molecule has 0 aliphatic rings. The lowest BCUT2D eigenvalue weighted by molar-refractivity contribution is 0.0954. The zero-order valence-corrected chi connectivity index (χ0v) is 11.9. The van der Waals surface area contributed by atoms with Crippen molar-refractivity contribution >= 4 is 29.0 Å². The van der Waals surface area contributed by atoms with Crippen molar-refractivity contribution in [3.05, 3.63) is 56.6 Å². The molecule has 2 aromatic rings. The molecule has 100 valence electrons. The fourth-order valence-electron chi connectivity index (χ4n) is 1.50. The van der Waals surface area contributed by atoms with E-state index >= 15 is 0 Å². The van der Waals surface area contributed by atoms with Gasteiger partial charge < -0.3 is 10.3 Å². The van der Waals surface area contributed by atoms with Gasteiger partial charge in [-0.3, -0.25) is 9.59 Å². The van der Waals surface area contributed by atoms with Crippen LogP contribution < -0.4 is 10.9 Å². The van der Waals surface area contributed by atoms with Gasteiger partial charge in [-0.25, -0.2) is 0 Å². The third kappa shape index (κ3) is 4.25. The molecule has 4 nitrogen and oxygen atoms in total. The molecule has 1 amide bonds. The Morgan fingerprint density at radius 1 is 1.37 bits per heavy atom. The molecule has 0 unspecified atom stereocenters. The van der Waals surface area contributed by atoms with Crippen LogP contribution in [-0.4, -0.2) is 23.2 Å². The Balaban J connectivity index is 1.70. The minimum absolute atomic E-state index is 0.158. The van der Waals surface area contributed by atoms with Gasteiger partial charge in [-0.2, -0.15) is 11.8 Å². The van der Waals surface area contributed by atoms with Crippen molar-refractivity contribution < 1.29 is 4.79 Å². The molecular weight excluding hydrogens is 280 g/mol. The minimum Gasteiger partial charge on any atom is -0.351 e. The van der Waals surface area contributed by atoms with E-state index in [1.165, 1.54) is 17.1 Å². The fourth-order valence-corrected chi connectivity index (χ4v) is 3.20. The third-order valence-electron chi connectivity index (χ3n) is 2.42. The maximum Gasteiger partial charge on any atom is 0.260 e. The predicted molar refractivity (Wildman–Crippen MR) is 79.9 cm³/mol. The molecule has 6 heteroatoms. The van der Waals surface area contributed by atoms with Gasteiger partial charge in [0.05, 0.1) is 0 Å². The van der Waals surface area contributed by atoms with Gasteiger partial charge in [0.2, 0.25) is 0 Å². The van der Waals surface area contributed by atoms with E-state index in [0.29, 0.717) is 6.54 Å². The second-order valence-corrected chi connectivity index (χ2v) is 5.94. The molecule has 0 spiro atoms. The molecule has 0 aromatic carbocycles. The normalized spacial score (nSPS) is 10.3. The highest BCUT2D eigenvalue weighted by Gasteiger charge is 2.08. The number of thiophene rings is 1. The zero-order chi connectivity index (χ0) is 13.5. The van der Waals surface area contributed by atoms with E-state index < -0.39 is 0 Å². The van der Waals surface area contributed by atoms with E-state index in [9.17, 15) is 9.59 Å². The van der Waals surface area contributed by atoms with E-state index in [4.69, 9.17) is 0 Å². The van der Waals surface area contributed by atoms with Gasteiger partial charge >= 0.3 is 0 Å². The first-order chi connectivity index (χ1) is 9.27. The minimum atomic E-state index is -0.355. The van der Waals surface area contributed by atoms with Gasteiger partial charge in [-0.05, 0) is 23.6 Å². The van der Waals surface area contributed by atoms with E-state index in [1.54, 1.807) is 29.2 Å². The molecule has 2 rings (SSSR count). The Kier molecular flexibility index (Phi) is 5.23. The topological polar surface area (TPSA) is 62.0 Å². The van der Waals surface area contributed by atoms with Crippen molar-refractivity contribution in [2.75, 3.05) is 12.3 Å². The summed E-state index contributed by atoms with van der Waals surface area (Å²) in [5.74, 6) is 1.46. The number of rotatable bonds is 6. The number of hydrogen-bond acceptors (Lipinski definition) is 4. The molecule has 0 saturated heterocycles. The van der Waals surface area contributed by atoms with Gasteiger partial charge in [0.15, 0.2) is 0 Å². The lowest BCUT2D eigenvalue weighted by Gasteiger charge is -2.04. The van der Waals surface area contributed by atoms with E-state index in [-0.39, 0.29) is 17.0 Å². The van der Waals surface area contributed by atoms with Crippen molar-refractivity contribution in [2.45, 2.75) is 5.75 Å². The van der Waals surface area contributed by atoms with Crippen molar-refractivity contribution in [2.24, 2.45) is 0 Å². The second kappa shape index (κ2) is 7.16. The highest BCUT2D eigenvalue weighted by molar-refractivity contribution is 7.98. The van der Waals surface area contributed by atoms with Gasteiger partial charge in [-0.15, -0.1) is 11.3 Å². The molecule has 19 heavy (non-hydrogen) atoms. The monoisotopic (exact) mass is 294 g/mol. The molecule has 2 N–H and O–H groups in total. The number of H-pyrrole nitrogens is 1. The maximum absolute atomic E-state index is 11.7. The van der Waals surface area contributed by atoms with Crippen molar-refractivity contribution in [3.63, 3.8) is 0 Å². The van der Waals surface area contributed by atoms with Gasteiger partial charge in [0.1, 0.15) is 5.56 Å². The van der Waals surface area contributed by atoms with Crippen LogP contribution in [-0.2, 0) is 5.75 Å². The standard InChI is InChI=1S/C13H14N2O2S2/c16-12-11(4-1-5-14-12)13(17)15-6-8-18-9-10-3-2-7-19-10/h1-5,7H,6,8-9H2,(H,14,16)(H,15,17). The smallest absolute Gasteiger partial charge is 0.260 e. The summed E-state index contributed by atoms with van der Waals surface area (Å²) in [5.41, 5.74) is -0.197. The average molecular weight is 294 g/mol. The summed E-state index contributed by atoms with van der Waals surface area (Å²) < 4.78 is 0. The SMILES string of the molecule is O=C(NCCSCc1cccs1)c1ccc[nH]c1=O. The summed E-state index contributed by atoms with van der Waals surface area (Å²) >= 11 is 3.49. The highest BCUT2D eigenvalue weighted by atomic mass is 32.2. The number of nitrogens with one attached hydrogen (secondary N) is 2. The Bertz CT molecular complexity index is 578. The second-order valence-electron chi connectivity index (χ2n) is 3.80. The first-order valence-corrected chi connectivity index (χ1v) is 7.87. The summed E-state index contributed by atoms with van der Waals surface area (Å²) in [4.78, 5) is 26.9. The van der Waals surface area contributed by atoms with Crippen LogP contribution in [0.5, 0.6) is 0 Å². The maximum atomic E-state index is 11.7. The van der Waals surface area contributed by atoms with E-state index in [2.05, 4.69) is 21.7 Å². The van der Waals surface area contributed by atoms with Crippen LogP contribution in [0.2, 0.25) is 0 Å². The molecule has 2 heterocycles. The van der Waals surface area contributed by atoms with Crippen LogP contribution in [0, 0.1) is 0 Å². The lowest BCUT2D eigenvalue weighted by atomic mass is 10.2. The Morgan fingerprint density at radius 3 is 3.00 bits per heavy atom. The third-order valence-corrected chi connectivity index (χ3v) is 4.49. The first-order valence-electron chi connectivity index (χ1n) is 5.83. The number of amides is 1. The molecule has 0 fully saturated rings. The van der Waals surface area contributed by atoms with Crippen LogP contribution in [0.3, 0.4) is 0 Å². The number of hydrogen-bond donors (Lipinski definition) is 2. The van der Waals surface area contributed by atoms with Gasteiger partial charge in [0.25, 0.3) is 11.5 Å². The molecule has 0 bridgehead atoms. The van der Waals surface area contributed by atoms with E-state index in [1.807, 2.05) is 6.07 Å². The van der Waals surface area contributed by atoms with Crippen molar-refractivity contribution in [1.82, 2.24) is 10.3 Å². The Morgan fingerprint density at radius 2 is 2.26 bits per heavy atom. The molecule has 0 atom stereocenters. The molecule has 2 aromatic heterocycles. The van der Waals surface area contributed by atoms with Gasteiger partial charge in [-0.1, -0.05) is 6.07 Å². The Hall–Kier alpha value is -1.53. The van der Waals surface area contributed by atoms with Crippen molar-refractivity contribution in [1.29, 1.82) is 0 Å². The van der Waals surface area contributed by atoms with Crippen LogP contribution in [0.25, 0.3) is 0 Å². The zero-order valence-electron chi connectivity index (χ0n) is 10.2. The summed E-state index contributed by atoms with van der Waals surface area (Å²) in [5, 5.41) is 4.80. The van der Waals surface area contributed by atoms with Crippen LogP contribution in [0.15, 0.2) is 40.6 Å². The van der Waals surface area contributed by atoms with Crippen molar-refractivity contribution in [3.8, 4) is 0 Å². The summed E-state index contributed by atoms with van der Waals surface area (Å²) in [7, 11) is 0. The van der Waals surface area contributed by atoms with Gasteiger partial charge in [0, 0.05) is 29.1 Å². The molecule has 0 radical (unpaired) electrons. The average Bonchev–Trinajstić information content (AvgIpc) is 2.92. The summed E-state index contributed by atoms with van der Waals surface area (Å²) in [6.45, 7) is 0.559. The quantitative estimate of drug-likeness (QED) is 0.802. The number of carbonyl (C=O) groups excluding carboxylic acids is 1. The Labute approximate surface area is 119 Å². The number of aromatic nitrogens is 1. The number of thioether (sulfide) groups is 1. The van der Waals surface area contributed by atoms with Crippen LogP contribution in [0.4, 0.5) is 0 Å². The van der Waals surface area contributed by atoms with E-state index in [0.717, 1.165) is 11.5 Å². The largest absolute Gasteiger partial charge is 0.351 e. The molecule has 0 aliphatic carbocycles. The highest BCUT2D eigenvalue weighted by Crippen LogP contribution is 2.16. The molecular formula is C13H14N2O2S2. The fraction of sp³-hybridized carbons (Fsp3) is 0.231. The summed E-state index contributed by atoms with van der Waals surface area (Å²) in [6.07, 6.45) is 1.51. The number of carbonyl (C=O) groups is 1. The lowest BCUT2D eigenvalue weighted by Crippen LogP contribution is -2.30. The number of pyridine rings is 1. The number of aromatic amines is 1.